The highest BCUT2D eigenvalue weighted by molar-refractivity contribution is 5.78. The van der Waals surface area contributed by atoms with Crippen LogP contribution in [0.25, 0.3) is 0 Å². The van der Waals surface area contributed by atoms with E-state index in [1.807, 2.05) is 50.4 Å². The van der Waals surface area contributed by atoms with Gasteiger partial charge >= 0.3 is 0 Å². The molecule has 1 aliphatic rings. The third-order valence-corrected chi connectivity index (χ3v) is 6.12. The van der Waals surface area contributed by atoms with Crippen molar-refractivity contribution < 1.29 is 20.9 Å². The Bertz CT molecular complexity index is 910. The van der Waals surface area contributed by atoms with Crippen LogP contribution in [0.1, 0.15) is 39.4 Å². The minimum absolute atomic E-state index is 0. The first kappa shape index (κ1) is 24.9. The average Bonchev–Trinajstić information content (AvgIpc) is 3.27. The molecule has 3 rings (SSSR count). The molecule has 9 nitrogen and oxygen atoms in total. The van der Waals surface area contributed by atoms with Gasteiger partial charge in [0.1, 0.15) is 5.69 Å². The van der Waals surface area contributed by atoms with Gasteiger partial charge in [0, 0.05) is 40.4 Å². The van der Waals surface area contributed by atoms with Crippen molar-refractivity contribution in [3.63, 3.8) is 0 Å². The van der Waals surface area contributed by atoms with Crippen LogP contribution in [0.5, 0.6) is 0 Å². The molecule has 1 aliphatic heterocycles. The van der Waals surface area contributed by atoms with Crippen molar-refractivity contribution in [2.75, 3.05) is 26.7 Å². The van der Waals surface area contributed by atoms with Gasteiger partial charge < -0.3 is 19.6 Å². The van der Waals surface area contributed by atoms with Crippen molar-refractivity contribution in [3.8, 4) is 0 Å². The van der Waals surface area contributed by atoms with Crippen molar-refractivity contribution >= 4 is 11.8 Å². The van der Waals surface area contributed by atoms with E-state index in [2.05, 4.69) is 10.3 Å². The van der Waals surface area contributed by atoms with Gasteiger partial charge in [-0.15, -0.1) is 5.10 Å². The maximum Gasteiger partial charge on any atom is 0.226 e. The number of aromatic nitrogens is 3. The smallest absolute Gasteiger partial charge is 0.226 e. The summed E-state index contributed by atoms with van der Waals surface area (Å²) in [4.78, 5) is 29.2. The fourth-order valence-corrected chi connectivity index (χ4v) is 3.97. The molecule has 2 bridgehead atoms. The van der Waals surface area contributed by atoms with Crippen molar-refractivity contribution in [3.05, 3.63) is 47.8 Å². The molecule has 3 atom stereocenters. The van der Waals surface area contributed by atoms with E-state index >= 15 is 0 Å². The van der Waals surface area contributed by atoms with Crippen molar-refractivity contribution in [1.82, 2.24) is 24.8 Å². The fourth-order valence-electron chi connectivity index (χ4n) is 3.97. The van der Waals surface area contributed by atoms with E-state index in [9.17, 15) is 14.7 Å². The van der Waals surface area contributed by atoms with Crippen LogP contribution in [0.15, 0.2) is 36.5 Å². The summed E-state index contributed by atoms with van der Waals surface area (Å²) in [6, 6.07) is 9.35. The molecule has 0 saturated carbocycles. The minimum Gasteiger partial charge on any atom is -0.394 e. The van der Waals surface area contributed by atoms with E-state index in [-0.39, 0.29) is 44.5 Å². The largest absolute Gasteiger partial charge is 0.394 e. The molecule has 2 heterocycles. The van der Waals surface area contributed by atoms with Crippen molar-refractivity contribution in [2.24, 2.45) is 5.92 Å². The number of benzene rings is 1. The number of carbonyl (C=O) groups is 2. The van der Waals surface area contributed by atoms with Crippen molar-refractivity contribution in [1.29, 1.82) is 0 Å². The lowest BCUT2D eigenvalue weighted by molar-refractivity contribution is -0.138. The van der Waals surface area contributed by atoms with Crippen LogP contribution >= 0.6 is 0 Å². The number of likely N-dealkylation sites (N-methyl/N-ethyl adjacent to an activating group) is 1. The molecule has 0 saturated heterocycles. The fraction of sp³-hybridized carbons (Fsp3) is 0.583. The monoisotopic (exact) mass is 459 g/mol. The highest BCUT2D eigenvalue weighted by Gasteiger charge is 2.28. The molecule has 0 spiro atoms. The van der Waals surface area contributed by atoms with Gasteiger partial charge in [0.2, 0.25) is 11.8 Å². The van der Waals surface area contributed by atoms with Crippen LogP contribution in [0.3, 0.4) is 0 Å². The maximum absolute atomic E-state index is 12.9. The van der Waals surface area contributed by atoms with Gasteiger partial charge in [-0.1, -0.05) is 42.5 Å². The Hall–Kier alpha value is -2.78. The Morgan fingerprint density at radius 3 is 2.85 bits per heavy atom. The van der Waals surface area contributed by atoms with Crippen LogP contribution < -0.4 is 0 Å². The van der Waals surface area contributed by atoms with E-state index in [0.717, 1.165) is 11.3 Å². The molecule has 0 radical (unpaired) electrons. The second kappa shape index (κ2) is 11.9. The second-order valence-corrected chi connectivity index (χ2v) is 8.92. The summed E-state index contributed by atoms with van der Waals surface area (Å²) in [6.45, 7) is 5.45. The number of aliphatic hydroxyl groups is 1. The number of aliphatic hydroxyl groups excluding tert-OH is 1. The van der Waals surface area contributed by atoms with E-state index in [4.69, 9.17) is 4.74 Å². The Balaban J connectivity index is 0.00000408. The first-order chi connectivity index (χ1) is 15.9. The molecule has 0 unspecified atom stereocenters. The molecule has 0 fully saturated rings. The molecule has 2 amide bonds. The summed E-state index contributed by atoms with van der Waals surface area (Å²) in [5, 5.41) is 18.0. The second-order valence-electron chi connectivity index (χ2n) is 8.92. The minimum atomic E-state index is -0.318. The van der Waals surface area contributed by atoms with Crippen LogP contribution in [0, 0.1) is 5.92 Å². The van der Waals surface area contributed by atoms with Crippen LogP contribution in [-0.2, 0) is 33.9 Å². The third kappa shape index (κ3) is 7.10. The summed E-state index contributed by atoms with van der Waals surface area (Å²) in [6.07, 6.45) is 2.85. The molecule has 1 aromatic carbocycles. The van der Waals surface area contributed by atoms with Gasteiger partial charge in [-0.25, -0.2) is 0 Å². The van der Waals surface area contributed by atoms with Gasteiger partial charge in [-0.05, 0) is 18.9 Å². The number of carbonyl (C=O) groups excluding carboxylic acids is 2. The zero-order valence-corrected chi connectivity index (χ0v) is 19.8. The number of aryl methyl sites for hydroxylation is 1. The summed E-state index contributed by atoms with van der Waals surface area (Å²) < 4.78 is 7.94. The zero-order valence-electron chi connectivity index (χ0n) is 19.8. The SMILES string of the molecule is C[C@H]1CN([C@@H](C)CO)C(=O)CCCn2cc(nn2)CO[C@H]1CN(C)C(=O)Cc1ccccc1.[HH]. The van der Waals surface area contributed by atoms with Gasteiger partial charge in [0.15, 0.2) is 0 Å². The van der Waals surface area contributed by atoms with Crippen LogP contribution in [0.4, 0.5) is 0 Å². The zero-order chi connectivity index (χ0) is 23.8. The molecular formula is C24H37N5O4. The van der Waals surface area contributed by atoms with Gasteiger partial charge in [-0.2, -0.15) is 0 Å². The van der Waals surface area contributed by atoms with Crippen molar-refractivity contribution in [2.45, 2.75) is 58.4 Å². The Labute approximate surface area is 196 Å². The normalized spacial score (nSPS) is 21.0. The number of hydrogen-bond donors (Lipinski definition) is 1. The molecule has 2 aromatic rings. The molecule has 1 aromatic heterocycles. The van der Waals surface area contributed by atoms with E-state index in [0.29, 0.717) is 38.9 Å². The number of hydrogen-bond acceptors (Lipinski definition) is 6. The lowest BCUT2D eigenvalue weighted by Gasteiger charge is -2.35. The average molecular weight is 460 g/mol. The highest BCUT2D eigenvalue weighted by Crippen LogP contribution is 2.18. The first-order valence-electron chi connectivity index (χ1n) is 11.6. The molecule has 0 aliphatic carbocycles. The van der Waals surface area contributed by atoms with Gasteiger partial charge in [0.05, 0.1) is 38.0 Å². The maximum atomic E-state index is 12.9. The lowest BCUT2D eigenvalue weighted by atomic mass is 10.0. The number of fused-ring (bicyclic) bond motifs is 2. The van der Waals surface area contributed by atoms with Gasteiger partial charge in [-0.3, -0.25) is 14.3 Å². The summed E-state index contributed by atoms with van der Waals surface area (Å²) >= 11 is 0. The van der Waals surface area contributed by atoms with E-state index in [1.165, 1.54) is 0 Å². The molecule has 182 valence electrons. The van der Waals surface area contributed by atoms with Crippen LogP contribution in [-0.4, -0.2) is 80.6 Å². The quantitative estimate of drug-likeness (QED) is 0.706. The molecule has 1 N–H and O–H groups in total. The summed E-state index contributed by atoms with van der Waals surface area (Å²) in [5.74, 6) is -0.0662. The Morgan fingerprint density at radius 2 is 2.12 bits per heavy atom. The Kier molecular flexibility index (Phi) is 8.96. The topological polar surface area (TPSA) is 101 Å². The third-order valence-electron chi connectivity index (χ3n) is 6.12. The molecule has 9 heteroatoms. The summed E-state index contributed by atoms with van der Waals surface area (Å²) in [5.41, 5.74) is 1.68. The standard InChI is InChI=1S/C24H35N5O4.H2/c1-18-13-29(19(2)16-30)23(31)10-7-11-28-14-21(25-26-28)17-33-22(18)15-27(3)24(32)12-20-8-5-4-6-9-20;/h4-6,8-9,14,18-19,22,30H,7,10-13,15-17H2,1-3H3;1H/t18-,19-,22-;/m0./s1. The predicted molar refractivity (Wildman–Crippen MR) is 125 cm³/mol. The first-order valence-corrected chi connectivity index (χ1v) is 11.6. The Morgan fingerprint density at radius 1 is 1.36 bits per heavy atom. The number of nitrogens with zero attached hydrogens (tertiary/aromatic N) is 5. The lowest BCUT2D eigenvalue weighted by Crippen LogP contribution is -2.47. The van der Waals surface area contributed by atoms with E-state index in [1.54, 1.807) is 21.5 Å². The number of rotatable bonds is 6. The number of amides is 2. The highest BCUT2D eigenvalue weighted by atomic mass is 16.5. The number of ether oxygens (including phenoxy) is 1. The van der Waals surface area contributed by atoms with Crippen LogP contribution in [0.2, 0.25) is 0 Å². The molecule has 33 heavy (non-hydrogen) atoms. The van der Waals surface area contributed by atoms with Gasteiger partial charge in [0.25, 0.3) is 0 Å². The predicted octanol–water partition coefficient (Wildman–Crippen LogP) is 1.75. The molecular weight excluding hydrogens is 422 g/mol. The van der Waals surface area contributed by atoms with E-state index < -0.39 is 0 Å². The summed E-state index contributed by atoms with van der Waals surface area (Å²) in [7, 11) is 1.78.